The first kappa shape index (κ1) is 13.7. The Morgan fingerprint density at radius 1 is 1.65 bits per heavy atom. The normalized spacial score (nSPS) is 12.2. The minimum absolute atomic E-state index is 0.0678. The number of nitrogen functional groups attached to an aromatic ring is 1. The first-order valence-electron chi connectivity index (χ1n) is 5.27. The summed E-state index contributed by atoms with van der Waals surface area (Å²) in [6, 6.07) is 0.0678. The summed E-state index contributed by atoms with van der Waals surface area (Å²) in [6.07, 6.45) is 0. The molecular formula is C10H17N3O3S. The second kappa shape index (κ2) is 6.41. The molecule has 1 heterocycles. The van der Waals surface area contributed by atoms with Crippen molar-refractivity contribution in [3.05, 3.63) is 5.56 Å². The van der Waals surface area contributed by atoms with Crippen molar-refractivity contribution in [2.45, 2.75) is 19.9 Å². The molecule has 7 heteroatoms. The molecule has 1 atom stereocenters. The van der Waals surface area contributed by atoms with Gasteiger partial charge >= 0.3 is 5.97 Å². The van der Waals surface area contributed by atoms with Crippen LogP contribution in [0.25, 0.3) is 0 Å². The number of ether oxygens (including phenoxy) is 2. The lowest BCUT2D eigenvalue weighted by molar-refractivity contribution is 0.0603. The zero-order chi connectivity index (χ0) is 12.8. The number of rotatable bonds is 6. The Balaban J connectivity index is 2.74. The highest BCUT2D eigenvalue weighted by Gasteiger charge is 2.20. The highest BCUT2D eigenvalue weighted by atomic mass is 32.1. The lowest BCUT2D eigenvalue weighted by Gasteiger charge is -2.13. The zero-order valence-corrected chi connectivity index (χ0v) is 11.0. The lowest BCUT2D eigenvalue weighted by Crippen LogP contribution is -2.22. The molecule has 0 aliphatic heterocycles. The molecule has 0 amide bonds. The van der Waals surface area contributed by atoms with Crippen LogP contribution in [-0.4, -0.2) is 36.7 Å². The van der Waals surface area contributed by atoms with Crippen molar-refractivity contribution in [3.8, 4) is 0 Å². The van der Waals surface area contributed by atoms with Gasteiger partial charge in [0.1, 0.15) is 10.6 Å². The van der Waals surface area contributed by atoms with Crippen LogP contribution in [0.2, 0.25) is 0 Å². The number of carbonyl (C=O) groups is 1. The van der Waals surface area contributed by atoms with Gasteiger partial charge in [-0.1, -0.05) is 0 Å². The molecule has 0 aliphatic rings. The molecule has 0 aromatic carbocycles. The summed E-state index contributed by atoms with van der Waals surface area (Å²) in [5, 5.41) is 3.74. The molecule has 3 N–H and O–H groups in total. The van der Waals surface area contributed by atoms with Gasteiger partial charge in [-0.15, -0.1) is 0 Å². The Morgan fingerprint density at radius 2 is 2.35 bits per heavy atom. The van der Waals surface area contributed by atoms with Crippen LogP contribution in [0, 0.1) is 0 Å². The number of methoxy groups -OCH3 is 1. The fraction of sp³-hybridized carbons (Fsp3) is 0.600. The van der Waals surface area contributed by atoms with Crippen LogP contribution >= 0.6 is 11.5 Å². The number of nitrogens with one attached hydrogen (secondary N) is 1. The van der Waals surface area contributed by atoms with Gasteiger partial charge in [0.05, 0.1) is 13.7 Å². The number of anilines is 2. The van der Waals surface area contributed by atoms with Crippen LogP contribution in [0.15, 0.2) is 0 Å². The van der Waals surface area contributed by atoms with Gasteiger partial charge in [0.25, 0.3) is 0 Å². The third-order valence-electron chi connectivity index (χ3n) is 2.06. The molecule has 0 fully saturated rings. The highest BCUT2D eigenvalue weighted by molar-refractivity contribution is 7.11. The number of hydrogen-bond acceptors (Lipinski definition) is 7. The third-order valence-corrected chi connectivity index (χ3v) is 2.85. The van der Waals surface area contributed by atoms with Crippen molar-refractivity contribution in [1.82, 2.24) is 4.37 Å². The van der Waals surface area contributed by atoms with Gasteiger partial charge in [-0.25, -0.2) is 4.79 Å². The minimum Gasteiger partial charge on any atom is -0.465 e. The first-order chi connectivity index (χ1) is 8.10. The van der Waals surface area contributed by atoms with Crippen molar-refractivity contribution >= 4 is 28.3 Å². The Hall–Kier alpha value is -1.34. The Bertz CT molecular complexity index is 381. The van der Waals surface area contributed by atoms with Crippen molar-refractivity contribution in [2.75, 3.05) is 31.4 Å². The second-order valence-electron chi connectivity index (χ2n) is 3.47. The maximum Gasteiger partial charge on any atom is 0.344 e. The van der Waals surface area contributed by atoms with Gasteiger partial charge in [-0.05, 0) is 25.4 Å². The van der Waals surface area contributed by atoms with E-state index in [0.717, 1.165) is 11.5 Å². The van der Waals surface area contributed by atoms with Crippen LogP contribution in [-0.2, 0) is 9.47 Å². The summed E-state index contributed by atoms with van der Waals surface area (Å²) in [5.74, 6) is -0.296. The van der Waals surface area contributed by atoms with E-state index in [2.05, 4.69) is 14.4 Å². The first-order valence-corrected chi connectivity index (χ1v) is 6.05. The molecule has 0 radical (unpaired) electrons. The lowest BCUT2D eigenvalue weighted by atomic mass is 10.3. The smallest absolute Gasteiger partial charge is 0.344 e. The number of hydrogen-bond donors (Lipinski definition) is 2. The summed E-state index contributed by atoms with van der Waals surface area (Å²) < 4.78 is 13.9. The molecule has 1 unspecified atom stereocenters. The standard InChI is InChI=1S/C10H17N3O3S/c1-4-16-5-6(2)12-9-7(10(14)15-3)8(11)13-17-9/h6,12H,4-5H2,1-3H3,(H2,11,13). The van der Waals surface area contributed by atoms with E-state index in [1.165, 1.54) is 7.11 Å². The van der Waals surface area contributed by atoms with E-state index in [-0.39, 0.29) is 11.9 Å². The minimum atomic E-state index is -0.484. The summed E-state index contributed by atoms with van der Waals surface area (Å²) in [7, 11) is 1.31. The van der Waals surface area contributed by atoms with Crippen LogP contribution in [0.1, 0.15) is 24.2 Å². The molecule has 0 spiro atoms. The van der Waals surface area contributed by atoms with Gasteiger partial charge < -0.3 is 20.5 Å². The van der Waals surface area contributed by atoms with Gasteiger partial charge in [0, 0.05) is 12.6 Å². The van der Waals surface area contributed by atoms with Crippen LogP contribution < -0.4 is 11.1 Å². The van der Waals surface area contributed by atoms with Crippen LogP contribution in [0.5, 0.6) is 0 Å². The maximum absolute atomic E-state index is 11.5. The number of carbonyl (C=O) groups excluding carboxylic acids is 1. The molecule has 0 saturated carbocycles. The Morgan fingerprint density at radius 3 is 2.94 bits per heavy atom. The molecule has 17 heavy (non-hydrogen) atoms. The van der Waals surface area contributed by atoms with Crippen molar-refractivity contribution in [3.63, 3.8) is 0 Å². The molecular weight excluding hydrogens is 242 g/mol. The van der Waals surface area contributed by atoms with Gasteiger partial charge in [0.15, 0.2) is 5.82 Å². The summed E-state index contributed by atoms with van der Waals surface area (Å²) in [6.45, 7) is 5.08. The van der Waals surface area contributed by atoms with Gasteiger partial charge in [0.2, 0.25) is 0 Å². The van der Waals surface area contributed by atoms with E-state index in [1.54, 1.807) is 0 Å². The van der Waals surface area contributed by atoms with Crippen molar-refractivity contribution < 1.29 is 14.3 Å². The largest absolute Gasteiger partial charge is 0.465 e. The molecule has 0 aliphatic carbocycles. The van der Waals surface area contributed by atoms with E-state index in [4.69, 9.17) is 10.5 Å². The van der Waals surface area contributed by atoms with E-state index < -0.39 is 5.97 Å². The van der Waals surface area contributed by atoms with E-state index in [0.29, 0.717) is 23.8 Å². The second-order valence-corrected chi connectivity index (χ2v) is 4.24. The quantitative estimate of drug-likeness (QED) is 0.750. The van der Waals surface area contributed by atoms with E-state index in [9.17, 15) is 4.79 Å². The maximum atomic E-state index is 11.5. The number of nitrogens with zero attached hydrogens (tertiary/aromatic N) is 1. The fourth-order valence-electron chi connectivity index (χ4n) is 1.26. The molecule has 0 saturated heterocycles. The monoisotopic (exact) mass is 259 g/mol. The highest BCUT2D eigenvalue weighted by Crippen LogP contribution is 2.27. The molecule has 1 aromatic heterocycles. The molecule has 1 aromatic rings. The van der Waals surface area contributed by atoms with E-state index >= 15 is 0 Å². The predicted molar refractivity (Wildman–Crippen MR) is 67.4 cm³/mol. The molecule has 0 bridgehead atoms. The Labute approximate surface area is 104 Å². The molecule has 1 rings (SSSR count). The number of aromatic nitrogens is 1. The van der Waals surface area contributed by atoms with Crippen LogP contribution in [0.4, 0.5) is 10.8 Å². The van der Waals surface area contributed by atoms with Gasteiger partial charge in [-0.3, -0.25) is 0 Å². The SMILES string of the molecule is CCOCC(C)Nc1snc(N)c1C(=O)OC. The van der Waals surface area contributed by atoms with Crippen molar-refractivity contribution in [2.24, 2.45) is 0 Å². The van der Waals surface area contributed by atoms with Crippen molar-refractivity contribution in [1.29, 1.82) is 0 Å². The molecule has 96 valence electrons. The summed E-state index contributed by atoms with van der Waals surface area (Å²) in [5.41, 5.74) is 5.91. The van der Waals surface area contributed by atoms with Crippen LogP contribution in [0.3, 0.4) is 0 Å². The fourth-order valence-corrected chi connectivity index (χ4v) is 2.07. The zero-order valence-electron chi connectivity index (χ0n) is 10.1. The third kappa shape index (κ3) is 3.57. The number of nitrogens with two attached hydrogens (primary N) is 1. The summed E-state index contributed by atoms with van der Waals surface area (Å²) in [4.78, 5) is 11.5. The van der Waals surface area contributed by atoms with E-state index in [1.807, 2.05) is 13.8 Å². The predicted octanol–water partition coefficient (Wildman–Crippen LogP) is 1.35. The summed E-state index contributed by atoms with van der Waals surface area (Å²) >= 11 is 1.14. The molecule has 6 nitrogen and oxygen atoms in total. The van der Waals surface area contributed by atoms with Gasteiger partial charge in [-0.2, -0.15) is 4.37 Å². The topological polar surface area (TPSA) is 86.5 Å². The number of esters is 1. The Kier molecular flexibility index (Phi) is 5.17. The average Bonchev–Trinajstić information content (AvgIpc) is 2.67. The average molecular weight is 259 g/mol.